The van der Waals surface area contributed by atoms with E-state index in [1.54, 1.807) is 6.20 Å². The van der Waals surface area contributed by atoms with Gasteiger partial charge in [0.25, 0.3) is 0 Å². The van der Waals surface area contributed by atoms with Gasteiger partial charge in [0.2, 0.25) is 0 Å². The average molecular weight is 193 g/mol. The zero-order valence-corrected chi connectivity index (χ0v) is 8.65. The summed E-state index contributed by atoms with van der Waals surface area (Å²) in [6.07, 6.45) is 2.99. The molecule has 1 aromatic heterocycles. The molecule has 2 N–H and O–H groups in total. The number of nitrogens with zero attached hydrogens (tertiary/aromatic N) is 2. The lowest BCUT2D eigenvalue weighted by Crippen LogP contribution is -2.26. The average Bonchev–Trinajstić information content (AvgIpc) is 2.06. The van der Waals surface area contributed by atoms with Gasteiger partial charge in [-0.1, -0.05) is 5.16 Å². The maximum atomic E-state index is 8.30. The van der Waals surface area contributed by atoms with Crippen molar-refractivity contribution in [2.45, 2.75) is 26.3 Å². The van der Waals surface area contributed by atoms with Crippen LogP contribution in [0.25, 0.3) is 0 Å². The van der Waals surface area contributed by atoms with E-state index in [9.17, 15) is 0 Å². The highest BCUT2D eigenvalue weighted by molar-refractivity contribution is 5.78. The summed E-state index contributed by atoms with van der Waals surface area (Å²) < 4.78 is 0. The van der Waals surface area contributed by atoms with Gasteiger partial charge in [-0.2, -0.15) is 0 Å². The van der Waals surface area contributed by atoms with Crippen LogP contribution in [0.3, 0.4) is 0 Å². The van der Waals surface area contributed by atoms with E-state index in [4.69, 9.17) is 5.21 Å². The lowest BCUT2D eigenvalue weighted by Gasteiger charge is -2.21. The second-order valence-electron chi connectivity index (χ2n) is 4.10. The Labute approximate surface area is 83.7 Å². The Kier molecular flexibility index (Phi) is 3.06. The lowest BCUT2D eigenvalue weighted by molar-refractivity contribution is 0.322. The number of rotatable bonds is 2. The molecule has 0 unspecified atom stereocenters. The molecule has 0 amide bonds. The van der Waals surface area contributed by atoms with E-state index in [1.165, 1.54) is 6.21 Å². The van der Waals surface area contributed by atoms with Crippen molar-refractivity contribution in [2.24, 2.45) is 5.16 Å². The molecule has 0 aliphatic heterocycles. The number of anilines is 1. The Morgan fingerprint density at radius 3 is 2.57 bits per heavy atom. The van der Waals surface area contributed by atoms with Crippen LogP contribution >= 0.6 is 0 Å². The molecule has 0 fully saturated rings. The largest absolute Gasteiger partial charge is 0.411 e. The van der Waals surface area contributed by atoms with Gasteiger partial charge >= 0.3 is 0 Å². The first-order valence-corrected chi connectivity index (χ1v) is 4.43. The van der Waals surface area contributed by atoms with Crippen molar-refractivity contribution in [3.8, 4) is 0 Å². The molecule has 0 bridgehead atoms. The molecule has 4 heteroatoms. The SMILES string of the molecule is CC(C)(C)Nc1ccc(/C=N\O)cn1. The number of aromatic nitrogens is 1. The van der Waals surface area contributed by atoms with Gasteiger partial charge in [-0.25, -0.2) is 4.98 Å². The molecule has 0 saturated heterocycles. The van der Waals surface area contributed by atoms with E-state index < -0.39 is 0 Å². The van der Waals surface area contributed by atoms with E-state index >= 15 is 0 Å². The van der Waals surface area contributed by atoms with Crippen LogP contribution in [0.1, 0.15) is 26.3 Å². The van der Waals surface area contributed by atoms with Gasteiger partial charge in [0.05, 0.1) is 6.21 Å². The highest BCUT2D eigenvalue weighted by Crippen LogP contribution is 2.11. The van der Waals surface area contributed by atoms with Crippen LogP contribution < -0.4 is 5.32 Å². The Hall–Kier alpha value is -1.58. The van der Waals surface area contributed by atoms with Crippen LogP contribution in [0.15, 0.2) is 23.5 Å². The van der Waals surface area contributed by atoms with Crippen molar-refractivity contribution in [1.29, 1.82) is 0 Å². The standard InChI is InChI=1S/C10H15N3O/c1-10(2,3)13-9-5-4-8(6-11-9)7-12-14/h4-7,14H,1-3H3,(H,11,13)/b12-7-. The molecule has 0 radical (unpaired) electrons. The Morgan fingerprint density at radius 1 is 1.43 bits per heavy atom. The molecular weight excluding hydrogens is 178 g/mol. The number of oxime groups is 1. The number of nitrogens with one attached hydrogen (secondary N) is 1. The van der Waals surface area contributed by atoms with E-state index in [1.807, 2.05) is 12.1 Å². The zero-order valence-electron chi connectivity index (χ0n) is 8.65. The second-order valence-corrected chi connectivity index (χ2v) is 4.10. The first kappa shape index (κ1) is 10.5. The van der Waals surface area contributed by atoms with Crippen molar-refractivity contribution in [3.05, 3.63) is 23.9 Å². The molecule has 0 spiro atoms. The van der Waals surface area contributed by atoms with Crippen LogP contribution in [0.4, 0.5) is 5.82 Å². The van der Waals surface area contributed by atoms with Crippen LogP contribution in [0, 0.1) is 0 Å². The van der Waals surface area contributed by atoms with Gasteiger partial charge < -0.3 is 10.5 Å². The third kappa shape index (κ3) is 3.43. The lowest BCUT2D eigenvalue weighted by atomic mass is 10.1. The number of hydrogen-bond donors (Lipinski definition) is 2. The number of pyridine rings is 1. The van der Waals surface area contributed by atoms with Crippen molar-refractivity contribution in [2.75, 3.05) is 5.32 Å². The van der Waals surface area contributed by atoms with Crippen LogP contribution in [-0.4, -0.2) is 21.9 Å². The minimum absolute atomic E-state index is 0.000412. The third-order valence-corrected chi connectivity index (χ3v) is 1.50. The first-order chi connectivity index (χ1) is 6.51. The van der Waals surface area contributed by atoms with Gasteiger partial charge in [-0.15, -0.1) is 0 Å². The highest BCUT2D eigenvalue weighted by atomic mass is 16.4. The summed E-state index contributed by atoms with van der Waals surface area (Å²) in [6, 6.07) is 3.68. The molecular formula is C10H15N3O. The molecule has 1 rings (SSSR count). The summed E-state index contributed by atoms with van der Waals surface area (Å²) in [4.78, 5) is 4.17. The molecule has 1 heterocycles. The monoisotopic (exact) mass is 193 g/mol. The first-order valence-electron chi connectivity index (χ1n) is 4.43. The van der Waals surface area contributed by atoms with E-state index in [-0.39, 0.29) is 5.54 Å². The molecule has 14 heavy (non-hydrogen) atoms. The van der Waals surface area contributed by atoms with E-state index in [2.05, 4.69) is 36.2 Å². The van der Waals surface area contributed by atoms with Crippen molar-refractivity contribution in [3.63, 3.8) is 0 Å². The molecule has 1 aromatic rings. The van der Waals surface area contributed by atoms with Crippen molar-refractivity contribution >= 4 is 12.0 Å². The van der Waals surface area contributed by atoms with E-state index in [0.29, 0.717) is 0 Å². The van der Waals surface area contributed by atoms with Gasteiger partial charge in [0, 0.05) is 17.3 Å². The fourth-order valence-electron chi connectivity index (χ4n) is 1.01. The molecule has 76 valence electrons. The summed E-state index contributed by atoms with van der Waals surface area (Å²) in [5.74, 6) is 0.813. The predicted molar refractivity (Wildman–Crippen MR) is 57.0 cm³/mol. The molecule has 0 aliphatic carbocycles. The minimum atomic E-state index is -0.000412. The summed E-state index contributed by atoms with van der Waals surface area (Å²) in [7, 11) is 0. The fourth-order valence-corrected chi connectivity index (χ4v) is 1.01. The Morgan fingerprint density at radius 2 is 2.14 bits per heavy atom. The molecule has 0 aromatic carbocycles. The topological polar surface area (TPSA) is 57.5 Å². The summed E-state index contributed by atoms with van der Waals surface area (Å²) >= 11 is 0. The van der Waals surface area contributed by atoms with Crippen LogP contribution in [0.5, 0.6) is 0 Å². The molecule has 0 atom stereocenters. The van der Waals surface area contributed by atoms with Gasteiger partial charge in [-0.05, 0) is 32.9 Å². The normalized spacial score (nSPS) is 11.9. The smallest absolute Gasteiger partial charge is 0.126 e. The number of hydrogen-bond acceptors (Lipinski definition) is 4. The van der Waals surface area contributed by atoms with Gasteiger partial charge in [0.15, 0.2) is 0 Å². The van der Waals surface area contributed by atoms with Crippen molar-refractivity contribution < 1.29 is 5.21 Å². The van der Waals surface area contributed by atoms with Crippen molar-refractivity contribution in [1.82, 2.24) is 4.98 Å². The molecule has 4 nitrogen and oxygen atoms in total. The van der Waals surface area contributed by atoms with E-state index in [0.717, 1.165) is 11.4 Å². The molecule has 0 saturated carbocycles. The third-order valence-electron chi connectivity index (χ3n) is 1.50. The summed E-state index contributed by atoms with van der Waals surface area (Å²) in [5, 5.41) is 14.5. The second kappa shape index (κ2) is 4.09. The summed E-state index contributed by atoms with van der Waals surface area (Å²) in [6.45, 7) is 6.20. The summed E-state index contributed by atoms with van der Waals surface area (Å²) in [5.41, 5.74) is 0.770. The Balaban J connectivity index is 2.74. The zero-order chi connectivity index (χ0) is 10.6. The van der Waals surface area contributed by atoms with Crippen LogP contribution in [-0.2, 0) is 0 Å². The minimum Gasteiger partial charge on any atom is -0.411 e. The van der Waals surface area contributed by atoms with Gasteiger partial charge in [0.1, 0.15) is 5.82 Å². The van der Waals surface area contributed by atoms with Crippen LogP contribution in [0.2, 0.25) is 0 Å². The Bertz CT molecular complexity index is 311. The highest BCUT2D eigenvalue weighted by Gasteiger charge is 2.09. The maximum Gasteiger partial charge on any atom is 0.126 e. The van der Waals surface area contributed by atoms with Gasteiger partial charge in [-0.3, -0.25) is 0 Å². The fraction of sp³-hybridized carbons (Fsp3) is 0.400. The predicted octanol–water partition coefficient (Wildman–Crippen LogP) is 2.10. The maximum absolute atomic E-state index is 8.30. The molecule has 0 aliphatic rings. The quantitative estimate of drug-likeness (QED) is 0.429.